The van der Waals surface area contributed by atoms with E-state index in [0.29, 0.717) is 16.4 Å². The normalized spacial score (nSPS) is 10.7. The van der Waals surface area contributed by atoms with Crippen LogP contribution in [0, 0.1) is 34.6 Å². The summed E-state index contributed by atoms with van der Waals surface area (Å²) in [7, 11) is 0. The zero-order valence-corrected chi connectivity index (χ0v) is 18.4. The molecule has 3 rings (SSSR count). The van der Waals surface area contributed by atoms with Crippen LogP contribution in [0.5, 0.6) is 0 Å². The van der Waals surface area contributed by atoms with E-state index in [2.05, 4.69) is 20.9 Å². The standard InChI is InChI=1S/C22H24ClN5O2/c1-12-9-13(2)20(14(3)10-12)25-22(30)21-16(5)28(27-26-21)11-19(29)24-18-8-6-7-17(23)15(18)4/h6-10H,11H2,1-5H3,(H,24,29)(H,25,30). The van der Waals surface area contributed by atoms with Gasteiger partial charge in [-0.1, -0.05) is 40.6 Å². The molecule has 0 spiro atoms. The van der Waals surface area contributed by atoms with Crippen molar-refractivity contribution in [2.45, 2.75) is 41.2 Å². The molecular formula is C22H24ClN5O2. The van der Waals surface area contributed by atoms with Crippen LogP contribution in [0.2, 0.25) is 5.02 Å². The van der Waals surface area contributed by atoms with Crippen LogP contribution >= 0.6 is 11.6 Å². The number of hydrogen-bond donors (Lipinski definition) is 2. The minimum atomic E-state index is -0.361. The molecule has 1 heterocycles. The number of hydrogen-bond acceptors (Lipinski definition) is 4. The van der Waals surface area contributed by atoms with Crippen molar-refractivity contribution in [3.05, 3.63) is 69.0 Å². The lowest BCUT2D eigenvalue weighted by molar-refractivity contribution is -0.117. The maximum absolute atomic E-state index is 12.8. The molecule has 0 atom stereocenters. The monoisotopic (exact) mass is 425 g/mol. The number of nitrogens with zero attached hydrogens (tertiary/aromatic N) is 3. The maximum atomic E-state index is 12.8. The summed E-state index contributed by atoms with van der Waals surface area (Å²) in [6.45, 7) is 9.37. The van der Waals surface area contributed by atoms with Crippen LogP contribution in [-0.4, -0.2) is 26.8 Å². The van der Waals surface area contributed by atoms with Gasteiger partial charge in [-0.25, -0.2) is 4.68 Å². The fourth-order valence-electron chi connectivity index (χ4n) is 3.34. The molecule has 1 aromatic heterocycles. The molecular weight excluding hydrogens is 402 g/mol. The number of carbonyl (C=O) groups excluding carboxylic acids is 2. The number of rotatable bonds is 5. The van der Waals surface area contributed by atoms with Crippen molar-refractivity contribution in [1.82, 2.24) is 15.0 Å². The largest absolute Gasteiger partial charge is 0.324 e. The second-order valence-electron chi connectivity index (χ2n) is 7.37. The van der Waals surface area contributed by atoms with Gasteiger partial charge in [0.1, 0.15) is 6.54 Å². The molecule has 0 aliphatic heterocycles. The van der Waals surface area contributed by atoms with Gasteiger partial charge >= 0.3 is 0 Å². The van der Waals surface area contributed by atoms with E-state index < -0.39 is 0 Å². The van der Waals surface area contributed by atoms with Gasteiger partial charge in [-0.3, -0.25) is 9.59 Å². The molecule has 0 saturated heterocycles. The predicted molar refractivity (Wildman–Crippen MR) is 118 cm³/mol. The smallest absolute Gasteiger partial charge is 0.278 e. The average Bonchev–Trinajstić information content (AvgIpc) is 3.02. The summed E-state index contributed by atoms with van der Waals surface area (Å²) in [6.07, 6.45) is 0. The Morgan fingerprint density at radius 1 is 1.03 bits per heavy atom. The molecule has 3 aromatic rings. The van der Waals surface area contributed by atoms with E-state index in [1.807, 2.05) is 39.8 Å². The fraction of sp³-hybridized carbons (Fsp3) is 0.273. The average molecular weight is 426 g/mol. The van der Waals surface area contributed by atoms with Gasteiger partial charge in [-0.2, -0.15) is 0 Å². The van der Waals surface area contributed by atoms with Crippen LogP contribution in [0.25, 0.3) is 0 Å². The molecule has 0 radical (unpaired) electrons. The van der Waals surface area contributed by atoms with Gasteiger partial charge < -0.3 is 10.6 Å². The Balaban J connectivity index is 1.73. The van der Waals surface area contributed by atoms with E-state index in [9.17, 15) is 9.59 Å². The topological polar surface area (TPSA) is 88.9 Å². The third-order valence-electron chi connectivity index (χ3n) is 4.95. The van der Waals surface area contributed by atoms with Gasteiger partial charge in [0.05, 0.1) is 5.69 Å². The number of aryl methyl sites for hydroxylation is 3. The van der Waals surface area contributed by atoms with Crippen LogP contribution in [0.15, 0.2) is 30.3 Å². The number of nitrogens with one attached hydrogen (secondary N) is 2. The molecule has 7 nitrogen and oxygen atoms in total. The van der Waals surface area contributed by atoms with Crippen molar-refractivity contribution < 1.29 is 9.59 Å². The summed E-state index contributed by atoms with van der Waals surface area (Å²) in [5.74, 6) is -0.648. The quantitative estimate of drug-likeness (QED) is 0.635. The van der Waals surface area contributed by atoms with Gasteiger partial charge in [-0.15, -0.1) is 5.10 Å². The minimum absolute atomic E-state index is 0.0688. The van der Waals surface area contributed by atoms with Crippen LogP contribution in [-0.2, 0) is 11.3 Å². The summed E-state index contributed by atoms with van der Waals surface area (Å²) in [5, 5.41) is 14.3. The first-order chi connectivity index (χ1) is 14.2. The summed E-state index contributed by atoms with van der Waals surface area (Å²) in [4.78, 5) is 25.2. The first kappa shape index (κ1) is 21.5. The van der Waals surface area contributed by atoms with Crippen LogP contribution in [0.4, 0.5) is 11.4 Å². The summed E-state index contributed by atoms with van der Waals surface area (Å²) < 4.78 is 1.40. The minimum Gasteiger partial charge on any atom is -0.324 e. The highest BCUT2D eigenvalue weighted by atomic mass is 35.5. The van der Waals surface area contributed by atoms with Gasteiger partial charge in [0.25, 0.3) is 5.91 Å². The van der Waals surface area contributed by atoms with E-state index in [1.54, 1.807) is 25.1 Å². The van der Waals surface area contributed by atoms with Crippen molar-refractivity contribution in [2.24, 2.45) is 0 Å². The Labute approximate surface area is 180 Å². The molecule has 0 aliphatic carbocycles. The second kappa shape index (κ2) is 8.67. The SMILES string of the molecule is Cc1cc(C)c(NC(=O)c2nnn(CC(=O)Nc3cccc(Cl)c3C)c2C)c(C)c1. The highest BCUT2D eigenvalue weighted by Crippen LogP contribution is 2.24. The molecule has 0 saturated carbocycles. The number of halogens is 1. The highest BCUT2D eigenvalue weighted by molar-refractivity contribution is 6.31. The van der Waals surface area contributed by atoms with Crippen LogP contribution in [0.1, 0.15) is 38.4 Å². The van der Waals surface area contributed by atoms with E-state index >= 15 is 0 Å². The van der Waals surface area contributed by atoms with E-state index in [-0.39, 0.29) is 24.1 Å². The molecule has 0 fully saturated rings. The van der Waals surface area contributed by atoms with Crippen molar-refractivity contribution in [2.75, 3.05) is 10.6 Å². The first-order valence-corrected chi connectivity index (χ1v) is 9.89. The Morgan fingerprint density at radius 2 is 1.70 bits per heavy atom. The van der Waals surface area contributed by atoms with E-state index in [0.717, 1.165) is 27.9 Å². The van der Waals surface area contributed by atoms with E-state index in [1.165, 1.54) is 4.68 Å². The predicted octanol–water partition coefficient (Wildman–Crippen LogP) is 4.36. The van der Waals surface area contributed by atoms with Crippen LogP contribution in [0.3, 0.4) is 0 Å². The lowest BCUT2D eigenvalue weighted by atomic mass is 10.0. The Bertz CT molecular complexity index is 1110. The fourth-order valence-corrected chi connectivity index (χ4v) is 3.51. The molecule has 8 heteroatoms. The van der Waals surface area contributed by atoms with Gasteiger partial charge in [0.15, 0.2) is 5.69 Å². The Hall–Kier alpha value is -3.19. The Kier molecular flexibility index (Phi) is 6.22. The third-order valence-corrected chi connectivity index (χ3v) is 5.36. The zero-order chi connectivity index (χ0) is 22.0. The summed E-state index contributed by atoms with van der Waals surface area (Å²) in [5.41, 5.74) is 5.94. The van der Waals surface area contributed by atoms with E-state index in [4.69, 9.17) is 11.6 Å². The second-order valence-corrected chi connectivity index (χ2v) is 7.78. The van der Waals surface area contributed by atoms with Crippen molar-refractivity contribution >= 4 is 34.8 Å². The number of anilines is 2. The molecule has 0 bridgehead atoms. The Morgan fingerprint density at radius 3 is 2.37 bits per heavy atom. The number of aromatic nitrogens is 3. The molecule has 156 valence electrons. The highest BCUT2D eigenvalue weighted by Gasteiger charge is 2.19. The number of carbonyl (C=O) groups is 2. The van der Waals surface area contributed by atoms with Gasteiger partial charge in [0, 0.05) is 16.4 Å². The third kappa shape index (κ3) is 4.52. The molecule has 30 heavy (non-hydrogen) atoms. The van der Waals surface area contributed by atoms with Crippen molar-refractivity contribution in [3.8, 4) is 0 Å². The molecule has 2 N–H and O–H groups in total. The lowest BCUT2D eigenvalue weighted by Gasteiger charge is -2.12. The van der Waals surface area contributed by atoms with Crippen molar-refractivity contribution in [1.29, 1.82) is 0 Å². The molecule has 2 amide bonds. The summed E-state index contributed by atoms with van der Waals surface area (Å²) in [6, 6.07) is 9.32. The lowest BCUT2D eigenvalue weighted by Crippen LogP contribution is -2.21. The number of amides is 2. The van der Waals surface area contributed by atoms with Gasteiger partial charge in [0.2, 0.25) is 5.91 Å². The van der Waals surface area contributed by atoms with Gasteiger partial charge in [-0.05, 0) is 63.4 Å². The maximum Gasteiger partial charge on any atom is 0.278 e. The first-order valence-electron chi connectivity index (χ1n) is 9.51. The zero-order valence-electron chi connectivity index (χ0n) is 17.6. The summed E-state index contributed by atoms with van der Waals surface area (Å²) >= 11 is 6.09. The molecule has 0 unspecified atom stereocenters. The van der Waals surface area contributed by atoms with Crippen molar-refractivity contribution in [3.63, 3.8) is 0 Å². The molecule has 0 aliphatic rings. The number of benzene rings is 2. The van der Waals surface area contributed by atoms with Crippen LogP contribution < -0.4 is 10.6 Å². The molecule has 2 aromatic carbocycles.